The van der Waals surface area contributed by atoms with Crippen molar-refractivity contribution in [1.82, 2.24) is 19.8 Å². The number of hydrogen-bond donors (Lipinski definition) is 1. The number of ether oxygens (including phenoxy) is 1. The summed E-state index contributed by atoms with van der Waals surface area (Å²) in [6.07, 6.45) is 2.93. The van der Waals surface area contributed by atoms with Gasteiger partial charge in [0.15, 0.2) is 0 Å². The molecule has 166 valence electrons. The Kier molecular flexibility index (Phi) is 6.83. The highest BCUT2D eigenvalue weighted by Crippen LogP contribution is 2.30. The fourth-order valence-corrected chi connectivity index (χ4v) is 4.48. The molecule has 0 bridgehead atoms. The van der Waals surface area contributed by atoms with Gasteiger partial charge in [0.1, 0.15) is 11.6 Å². The van der Waals surface area contributed by atoms with Crippen molar-refractivity contribution in [2.45, 2.75) is 45.3 Å². The van der Waals surface area contributed by atoms with Crippen LogP contribution in [0.5, 0.6) is 0 Å². The number of fused-ring (bicyclic) bond motifs is 1. The third-order valence-electron chi connectivity index (χ3n) is 6.25. The predicted molar refractivity (Wildman–Crippen MR) is 121 cm³/mol. The molecule has 3 heterocycles. The molecule has 2 aliphatic heterocycles. The number of likely N-dealkylation sites (N-methyl/N-ethyl adjacent to an activating group) is 1. The van der Waals surface area contributed by atoms with Crippen molar-refractivity contribution < 1.29 is 9.53 Å². The SMILES string of the molecule is CCOCc1ccc(C(=O)N2CCC[C@H](c3nc4c(c(NC)n3)CN(C)CC4)C2)cc1. The molecule has 31 heavy (non-hydrogen) atoms. The molecule has 1 fully saturated rings. The number of nitrogens with zero attached hydrogens (tertiary/aromatic N) is 4. The van der Waals surface area contributed by atoms with E-state index < -0.39 is 0 Å². The summed E-state index contributed by atoms with van der Waals surface area (Å²) in [6, 6.07) is 7.77. The number of nitrogens with one attached hydrogen (secondary N) is 1. The van der Waals surface area contributed by atoms with Crippen LogP contribution in [-0.2, 0) is 24.3 Å². The molecule has 2 aromatic rings. The third kappa shape index (κ3) is 4.88. The van der Waals surface area contributed by atoms with Crippen LogP contribution in [0.3, 0.4) is 0 Å². The second-order valence-corrected chi connectivity index (χ2v) is 8.52. The van der Waals surface area contributed by atoms with E-state index in [0.29, 0.717) is 19.8 Å². The average Bonchev–Trinajstić information content (AvgIpc) is 2.82. The van der Waals surface area contributed by atoms with Crippen molar-refractivity contribution in [3.8, 4) is 0 Å². The summed E-state index contributed by atoms with van der Waals surface area (Å²) in [4.78, 5) is 27.2. The summed E-state index contributed by atoms with van der Waals surface area (Å²) >= 11 is 0. The molecule has 4 rings (SSSR count). The van der Waals surface area contributed by atoms with Gasteiger partial charge in [0.05, 0.1) is 12.3 Å². The molecule has 0 spiro atoms. The van der Waals surface area contributed by atoms with Crippen LogP contribution in [0.4, 0.5) is 5.82 Å². The van der Waals surface area contributed by atoms with E-state index in [1.54, 1.807) is 0 Å². The lowest BCUT2D eigenvalue weighted by Gasteiger charge is -2.33. The van der Waals surface area contributed by atoms with Crippen LogP contribution in [-0.4, -0.2) is 66.0 Å². The standard InChI is InChI=1S/C24H33N5O2/c1-4-31-16-17-7-9-18(10-8-17)24(30)29-12-5-6-19(14-29)22-26-21-11-13-28(3)15-20(21)23(25-2)27-22/h7-10,19H,4-6,11-16H2,1-3H3,(H,25,26,27)/t19-/m0/s1. The smallest absolute Gasteiger partial charge is 0.253 e. The lowest BCUT2D eigenvalue weighted by Crippen LogP contribution is -2.40. The number of amides is 1. The van der Waals surface area contributed by atoms with Gasteiger partial charge < -0.3 is 19.9 Å². The quantitative estimate of drug-likeness (QED) is 0.770. The summed E-state index contributed by atoms with van der Waals surface area (Å²) < 4.78 is 5.45. The number of hydrogen-bond acceptors (Lipinski definition) is 6. The Labute approximate surface area is 184 Å². The monoisotopic (exact) mass is 423 g/mol. The highest BCUT2D eigenvalue weighted by molar-refractivity contribution is 5.94. The van der Waals surface area contributed by atoms with E-state index >= 15 is 0 Å². The van der Waals surface area contributed by atoms with Gasteiger partial charge in [-0.2, -0.15) is 0 Å². The Morgan fingerprint density at radius 2 is 2.03 bits per heavy atom. The van der Waals surface area contributed by atoms with E-state index in [9.17, 15) is 4.79 Å². The van der Waals surface area contributed by atoms with Crippen LogP contribution >= 0.6 is 0 Å². The first kappa shape index (κ1) is 21.7. The molecule has 0 saturated carbocycles. The van der Waals surface area contributed by atoms with Gasteiger partial charge in [0.25, 0.3) is 5.91 Å². The number of carbonyl (C=O) groups is 1. The lowest BCUT2D eigenvalue weighted by atomic mass is 9.95. The van der Waals surface area contributed by atoms with Gasteiger partial charge in [-0.25, -0.2) is 9.97 Å². The number of anilines is 1. The van der Waals surface area contributed by atoms with Crippen LogP contribution < -0.4 is 5.32 Å². The molecule has 1 aromatic carbocycles. The summed E-state index contributed by atoms with van der Waals surface area (Å²) in [6.45, 7) is 6.59. The minimum atomic E-state index is 0.0843. The zero-order chi connectivity index (χ0) is 21.8. The molecule has 7 heteroatoms. The van der Waals surface area contributed by atoms with E-state index in [2.05, 4.69) is 17.3 Å². The Morgan fingerprint density at radius 1 is 1.23 bits per heavy atom. The van der Waals surface area contributed by atoms with Crippen LogP contribution in [0.1, 0.15) is 58.7 Å². The van der Waals surface area contributed by atoms with E-state index in [0.717, 1.165) is 67.4 Å². The molecule has 2 aliphatic rings. The number of benzene rings is 1. The summed E-state index contributed by atoms with van der Waals surface area (Å²) in [5, 5.41) is 3.27. The first-order valence-electron chi connectivity index (χ1n) is 11.3. The topological polar surface area (TPSA) is 70.6 Å². The Hall–Kier alpha value is -2.51. The van der Waals surface area contributed by atoms with E-state index in [1.165, 1.54) is 5.56 Å². The Morgan fingerprint density at radius 3 is 2.77 bits per heavy atom. The molecule has 0 unspecified atom stereocenters. The van der Waals surface area contributed by atoms with Crippen LogP contribution in [0.15, 0.2) is 24.3 Å². The minimum Gasteiger partial charge on any atom is -0.377 e. The number of aromatic nitrogens is 2. The predicted octanol–water partition coefficient (Wildman–Crippen LogP) is 3.06. The van der Waals surface area contributed by atoms with Crippen LogP contribution in [0.25, 0.3) is 0 Å². The zero-order valence-electron chi connectivity index (χ0n) is 18.9. The molecular formula is C24H33N5O2. The van der Waals surface area contributed by atoms with Crippen LogP contribution in [0.2, 0.25) is 0 Å². The van der Waals surface area contributed by atoms with Crippen molar-refractivity contribution in [3.05, 3.63) is 52.5 Å². The zero-order valence-corrected chi connectivity index (χ0v) is 18.9. The number of carbonyl (C=O) groups excluding carboxylic acids is 1. The highest BCUT2D eigenvalue weighted by Gasteiger charge is 2.29. The molecule has 1 atom stereocenters. The molecular weight excluding hydrogens is 390 g/mol. The Balaban J connectivity index is 1.49. The maximum atomic E-state index is 13.1. The number of likely N-dealkylation sites (tertiary alicyclic amines) is 1. The van der Waals surface area contributed by atoms with Gasteiger partial charge in [0, 0.05) is 63.3 Å². The molecule has 1 N–H and O–H groups in total. The molecule has 0 radical (unpaired) electrons. The molecule has 1 amide bonds. The second-order valence-electron chi connectivity index (χ2n) is 8.52. The van der Waals surface area contributed by atoms with E-state index in [1.807, 2.05) is 43.1 Å². The van der Waals surface area contributed by atoms with E-state index in [4.69, 9.17) is 14.7 Å². The first-order chi connectivity index (χ1) is 15.1. The van der Waals surface area contributed by atoms with Gasteiger partial charge >= 0.3 is 0 Å². The Bertz CT molecular complexity index is 898. The molecule has 1 aromatic heterocycles. The third-order valence-corrected chi connectivity index (χ3v) is 6.25. The first-order valence-corrected chi connectivity index (χ1v) is 11.3. The normalized spacial score (nSPS) is 19.2. The van der Waals surface area contributed by atoms with Gasteiger partial charge in [-0.3, -0.25) is 4.79 Å². The highest BCUT2D eigenvalue weighted by atomic mass is 16.5. The average molecular weight is 424 g/mol. The molecule has 1 saturated heterocycles. The van der Waals surface area contributed by atoms with Crippen molar-refractivity contribution in [2.75, 3.05) is 45.7 Å². The van der Waals surface area contributed by atoms with Gasteiger partial charge in [-0.15, -0.1) is 0 Å². The summed E-state index contributed by atoms with van der Waals surface area (Å²) in [5.41, 5.74) is 4.17. The summed E-state index contributed by atoms with van der Waals surface area (Å²) in [5.74, 6) is 2.06. The van der Waals surface area contributed by atoms with Crippen molar-refractivity contribution in [3.63, 3.8) is 0 Å². The minimum absolute atomic E-state index is 0.0843. The van der Waals surface area contributed by atoms with Gasteiger partial charge in [0.2, 0.25) is 0 Å². The maximum Gasteiger partial charge on any atom is 0.253 e. The fraction of sp³-hybridized carbons (Fsp3) is 0.542. The van der Waals surface area contributed by atoms with Crippen molar-refractivity contribution in [1.29, 1.82) is 0 Å². The van der Waals surface area contributed by atoms with Crippen molar-refractivity contribution >= 4 is 11.7 Å². The number of rotatable bonds is 6. The van der Waals surface area contributed by atoms with Crippen molar-refractivity contribution in [2.24, 2.45) is 0 Å². The largest absolute Gasteiger partial charge is 0.377 e. The second kappa shape index (κ2) is 9.75. The summed E-state index contributed by atoms with van der Waals surface area (Å²) in [7, 11) is 4.05. The maximum absolute atomic E-state index is 13.1. The van der Waals surface area contributed by atoms with Crippen LogP contribution in [0, 0.1) is 0 Å². The lowest BCUT2D eigenvalue weighted by molar-refractivity contribution is 0.0704. The molecule has 0 aliphatic carbocycles. The molecule has 7 nitrogen and oxygen atoms in total. The number of piperidine rings is 1. The van der Waals surface area contributed by atoms with Gasteiger partial charge in [-0.1, -0.05) is 12.1 Å². The van der Waals surface area contributed by atoms with E-state index in [-0.39, 0.29) is 11.8 Å². The fourth-order valence-electron chi connectivity index (χ4n) is 4.48. The van der Waals surface area contributed by atoms with Gasteiger partial charge in [-0.05, 0) is 44.5 Å².